The van der Waals surface area contributed by atoms with E-state index >= 15 is 0 Å². The maximum atomic E-state index is 11.1. The molecule has 0 saturated carbocycles. The van der Waals surface area contributed by atoms with Crippen LogP contribution in [0.15, 0.2) is 30.6 Å². The fraction of sp³-hybridized carbons (Fsp3) is 0.154. The number of aromatic nitrogens is 2. The van der Waals surface area contributed by atoms with Gasteiger partial charge in [0.1, 0.15) is 6.33 Å². The molecule has 0 aliphatic heterocycles. The van der Waals surface area contributed by atoms with Crippen LogP contribution in [-0.4, -0.2) is 21.9 Å². The summed E-state index contributed by atoms with van der Waals surface area (Å²) in [5.41, 5.74) is 1.24. The monoisotopic (exact) mass is 284 g/mol. The average Bonchev–Trinajstić information content (AvgIpc) is 2.52. The van der Waals surface area contributed by atoms with Gasteiger partial charge in [0.2, 0.25) is 11.6 Å². The zero-order chi connectivity index (χ0) is 15.2. The van der Waals surface area contributed by atoms with E-state index in [0.717, 1.165) is 5.56 Å². The summed E-state index contributed by atoms with van der Waals surface area (Å²) in [6.07, 6.45) is 1.25. The highest BCUT2D eigenvalue weighted by Crippen LogP contribution is 2.28. The summed E-state index contributed by atoms with van der Waals surface area (Å²) in [7, 11) is 1.56. The first-order valence-electron chi connectivity index (χ1n) is 6.05. The summed E-state index contributed by atoms with van der Waals surface area (Å²) in [5.74, 6) is 0.293. The third kappa shape index (κ3) is 3.22. The summed E-state index contributed by atoms with van der Waals surface area (Å²) in [4.78, 5) is 18.3. The van der Waals surface area contributed by atoms with Gasteiger partial charge in [-0.3, -0.25) is 10.1 Å². The summed E-state index contributed by atoms with van der Waals surface area (Å²) < 4.78 is 0. The molecule has 0 aliphatic carbocycles. The van der Waals surface area contributed by atoms with Crippen LogP contribution in [0.5, 0.6) is 0 Å². The molecule has 8 heteroatoms. The van der Waals surface area contributed by atoms with Crippen LogP contribution in [0.4, 0.5) is 17.3 Å². The topological polar surface area (TPSA) is 117 Å². The molecule has 0 amide bonds. The molecule has 8 nitrogen and oxygen atoms in total. The van der Waals surface area contributed by atoms with E-state index in [0.29, 0.717) is 12.1 Å². The van der Waals surface area contributed by atoms with Gasteiger partial charge < -0.3 is 10.6 Å². The second kappa shape index (κ2) is 6.29. The van der Waals surface area contributed by atoms with Crippen molar-refractivity contribution < 1.29 is 4.92 Å². The van der Waals surface area contributed by atoms with Crippen LogP contribution in [0.3, 0.4) is 0 Å². The lowest BCUT2D eigenvalue weighted by atomic mass is 10.1. The molecular formula is C13H12N6O2. The van der Waals surface area contributed by atoms with Crippen molar-refractivity contribution in [2.75, 3.05) is 17.7 Å². The van der Waals surface area contributed by atoms with Gasteiger partial charge >= 0.3 is 5.69 Å². The predicted octanol–water partition coefficient (Wildman–Crippen LogP) is 1.91. The number of hydrogen-bond donors (Lipinski definition) is 2. The average molecular weight is 284 g/mol. The van der Waals surface area contributed by atoms with Crippen LogP contribution in [-0.2, 0) is 6.54 Å². The first kappa shape index (κ1) is 14.2. The molecule has 2 N–H and O–H groups in total. The molecule has 1 aromatic heterocycles. The van der Waals surface area contributed by atoms with E-state index in [9.17, 15) is 10.1 Å². The van der Waals surface area contributed by atoms with Crippen molar-refractivity contribution in [2.45, 2.75) is 6.54 Å². The Balaban J connectivity index is 2.19. The summed E-state index contributed by atoms with van der Waals surface area (Å²) in [5, 5.41) is 25.4. The lowest BCUT2D eigenvalue weighted by molar-refractivity contribution is -0.383. The minimum absolute atomic E-state index is 0.142. The fourth-order valence-electron chi connectivity index (χ4n) is 1.75. The van der Waals surface area contributed by atoms with E-state index in [1.807, 2.05) is 6.07 Å². The lowest BCUT2D eigenvalue weighted by Crippen LogP contribution is -2.08. The predicted molar refractivity (Wildman–Crippen MR) is 76.7 cm³/mol. The van der Waals surface area contributed by atoms with E-state index in [4.69, 9.17) is 5.26 Å². The SMILES string of the molecule is CNc1ncnc(NCc2ccc(C#N)cc2)c1[N+](=O)[O-]. The van der Waals surface area contributed by atoms with E-state index < -0.39 is 4.92 Å². The van der Waals surface area contributed by atoms with E-state index in [2.05, 4.69) is 20.6 Å². The van der Waals surface area contributed by atoms with Gasteiger partial charge in [-0.25, -0.2) is 9.97 Å². The first-order valence-corrected chi connectivity index (χ1v) is 6.05. The third-order valence-electron chi connectivity index (χ3n) is 2.78. The van der Waals surface area contributed by atoms with Crippen LogP contribution in [0, 0.1) is 21.4 Å². The van der Waals surface area contributed by atoms with E-state index in [-0.39, 0.29) is 17.3 Å². The second-order valence-electron chi connectivity index (χ2n) is 4.09. The number of nitriles is 1. The molecular weight excluding hydrogens is 272 g/mol. The summed E-state index contributed by atoms with van der Waals surface area (Å²) in [6.45, 7) is 0.354. The second-order valence-corrected chi connectivity index (χ2v) is 4.09. The number of rotatable bonds is 5. The molecule has 2 aromatic rings. The van der Waals surface area contributed by atoms with Gasteiger partial charge in [-0.05, 0) is 17.7 Å². The van der Waals surface area contributed by atoms with Crippen LogP contribution in [0.1, 0.15) is 11.1 Å². The minimum atomic E-state index is -0.535. The Bertz CT molecular complexity index is 693. The van der Waals surface area contributed by atoms with Gasteiger partial charge in [0.25, 0.3) is 0 Å². The van der Waals surface area contributed by atoms with Gasteiger partial charge in [-0.2, -0.15) is 5.26 Å². The van der Waals surface area contributed by atoms with Crippen LogP contribution >= 0.6 is 0 Å². The Morgan fingerprint density at radius 1 is 1.29 bits per heavy atom. The number of nitrogens with one attached hydrogen (secondary N) is 2. The Hall–Kier alpha value is -3.21. The van der Waals surface area contributed by atoms with Crippen LogP contribution in [0.2, 0.25) is 0 Å². The first-order chi connectivity index (χ1) is 10.2. The molecule has 0 atom stereocenters. The maximum Gasteiger partial charge on any atom is 0.353 e. The number of hydrogen-bond acceptors (Lipinski definition) is 7. The summed E-state index contributed by atoms with van der Waals surface area (Å²) >= 11 is 0. The Morgan fingerprint density at radius 3 is 2.52 bits per heavy atom. The molecule has 0 unspecified atom stereocenters. The van der Waals surface area contributed by atoms with Crippen molar-refractivity contribution >= 4 is 17.3 Å². The molecule has 0 bridgehead atoms. The van der Waals surface area contributed by atoms with Gasteiger partial charge in [-0.15, -0.1) is 0 Å². The number of anilines is 2. The zero-order valence-electron chi connectivity index (χ0n) is 11.2. The van der Waals surface area contributed by atoms with Crippen molar-refractivity contribution in [3.8, 4) is 6.07 Å². The van der Waals surface area contributed by atoms with Crippen molar-refractivity contribution in [1.82, 2.24) is 9.97 Å². The molecule has 106 valence electrons. The van der Waals surface area contributed by atoms with Crippen molar-refractivity contribution in [2.24, 2.45) is 0 Å². The third-order valence-corrected chi connectivity index (χ3v) is 2.78. The Labute approximate surface area is 120 Å². The molecule has 0 radical (unpaired) electrons. The Morgan fingerprint density at radius 2 is 1.95 bits per heavy atom. The van der Waals surface area contributed by atoms with Gasteiger partial charge in [0.05, 0.1) is 16.6 Å². The number of benzene rings is 1. The number of nitrogens with zero attached hydrogens (tertiary/aromatic N) is 4. The van der Waals surface area contributed by atoms with Gasteiger partial charge in [0, 0.05) is 13.6 Å². The molecule has 1 aromatic carbocycles. The molecule has 21 heavy (non-hydrogen) atoms. The molecule has 0 spiro atoms. The maximum absolute atomic E-state index is 11.1. The van der Waals surface area contributed by atoms with Crippen molar-refractivity contribution in [3.05, 3.63) is 51.8 Å². The van der Waals surface area contributed by atoms with Crippen LogP contribution < -0.4 is 10.6 Å². The lowest BCUT2D eigenvalue weighted by Gasteiger charge is -2.08. The van der Waals surface area contributed by atoms with Gasteiger partial charge in [0.15, 0.2) is 0 Å². The fourth-order valence-corrected chi connectivity index (χ4v) is 1.75. The highest BCUT2D eigenvalue weighted by Gasteiger charge is 2.21. The smallest absolute Gasteiger partial charge is 0.353 e. The molecule has 0 saturated heterocycles. The molecule has 1 heterocycles. The highest BCUT2D eigenvalue weighted by atomic mass is 16.6. The Kier molecular flexibility index (Phi) is 4.26. The quantitative estimate of drug-likeness (QED) is 0.636. The molecule has 0 fully saturated rings. The van der Waals surface area contributed by atoms with Gasteiger partial charge in [-0.1, -0.05) is 12.1 Å². The largest absolute Gasteiger partial charge is 0.367 e. The van der Waals surface area contributed by atoms with Crippen molar-refractivity contribution in [1.29, 1.82) is 5.26 Å². The van der Waals surface area contributed by atoms with Crippen LogP contribution in [0.25, 0.3) is 0 Å². The van der Waals surface area contributed by atoms with Crippen molar-refractivity contribution in [3.63, 3.8) is 0 Å². The zero-order valence-corrected chi connectivity index (χ0v) is 11.2. The normalized spacial score (nSPS) is 9.71. The number of nitro groups is 1. The minimum Gasteiger partial charge on any atom is -0.367 e. The van der Waals surface area contributed by atoms with E-state index in [1.54, 1.807) is 31.3 Å². The van der Waals surface area contributed by atoms with E-state index in [1.165, 1.54) is 6.33 Å². The summed E-state index contributed by atoms with van der Waals surface area (Å²) in [6, 6.07) is 8.95. The molecule has 2 rings (SSSR count). The standard InChI is InChI=1S/C13H12N6O2/c1-15-12-11(19(20)21)13(18-8-17-12)16-7-10-4-2-9(6-14)3-5-10/h2-5,8H,7H2,1H3,(H2,15,16,17,18). The molecule has 0 aliphatic rings. The highest BCUT2D eigenvalue weighted by molar-refractivity contribution is 5.69.